The van der Waals surface area contributed by atoms with Gasteiger partial charge in [-0.1, -0.05) is 12.1 Å². The number of benzene rings is 2. The summed E-state index contributed by atoms with van der Waals surface area (Å²) < 4.78 is 40.3. The fourth-order valence-electron chi connectivity index (χ4n) is 3.84. The molecule has 2 aliphatic heterocycles. The van der Waals surface area contributed by atoms with Crippen molar-refractivity contribution in [2.24, 2.45) is 0 Å². The number of anilines is 1. The number of para-hydroxylation sites is 2. The number of amides is 1. The van der Waals surface area contributed by atoms with Crippen molar-refractivity contribution >= 4 is 11.6 Å². The fourth-order valence-corrected chi connectivity index (χ4v) is 3.84. The van der Waals surface area contributed by atoms with Gasteiger partial charge in [-0.15, -0.1) is 0 Å². The third-order valence-corrected chi connectivity index (χ3v) is 5.34. The third kappa shape index (κ3) is 5.17. The number of fused-ring (bicyclic) bond motifs is 1. The van der Waals surface area contributed by atoms with Crippen molar-refractivity contribution in [2.75, 3.05) is 44.8 Å². The van der Waals surface area contributed by atoms with Gasteiger partial charge >= 0.3 is 6.61 Å². The molecule has 30 heavy (non-hydrogen) atoms. The zero-order valence-corrected chi connectivity index (χ0v) is 16.5. The number of hydrogen-bond acceptors (Lipinski definition) is 4. The predicted octanol–water partition coefficient (Wildman–Crippen LogP) is -0.0612. The van der Waals surface area contributed by atoms with E-state index in [0.29, 0.717) is 6.54 Å². The molecule has 2 aliphatic rings. The molecule has 0 radical (unpaired) electrons. The maximum Gasteiger partial charge on any atom is 0.387 e. The van der Waals surface area contributed by atoms with Crippen LogP contribution in [0, 0.1) is 0 Å². The SMILES string of the molecule is O=C(C[NH+]1CC[NH+](Cc2ccc3c(c2)OCO3)CC1)Nc1ccccc1OC(F)F. The Morgan fingerprint density at radius 3 is 2.57 bits per heavy atom. The maximum atomic E-state index is 12.5. The van der Waals surface area contributed by atoms with Gasteiger partial charge < -0.3 is 29.3 Å². The molecule has 2 aromatic carbocycles. The number of carbonyl (C=O) groups excluding carboxylic acids is 1. The molecule has 160 valence electrons. The van der Waals surface area contributed by atoms with Crippen LogP contribution in [0.3, 0.4) is 0 Å². The predicted molar refractivity (Wildman–Crippen MR) is 104 cm³/mol. The van der Waals surface area contributed by atoms with Crippen LogP contribution in [0.4, 0.5) is 14.5 Å². The summed E-state index contributed by atoms with van der Waals surface area (Å²) in [7, 11) is 0. The second-order valence-corrected chi connectivity index (χ2v) is 7.46. The average Bonchev–Trinajstić information content (AvgIpc) is 3.18. The molecule has 0 aromatic heterocycles. The number of ether oxygens (including phenoxy) is 3. The van der Waals surface area contributed by atoms with E-state index < -0.39 is 6.61 Å². The first kappa shape index (κ1) is 20.4. The minimum absolute atomic E-state index is 0.0335. The number of halogens is 2. The zero-order chi connectivity index (χ0) is 20.9. The molecule has 2 aromatic rings. The van der Waals surface area contributed by atoms with Crippen molar-refractivity contribution < 1.29 is 37.6 Å². The topological polar surface area (TPSA) is 65.7 Å². The molecule has 0 bridgehead atoms. The fraction of sp³-hybridized carbons (Fsp3) is 0.381. The van der Waals surface area contributed by atoms with Crippen LogP contribution in [0.25, 0.3) is 0 Å². The molecular formula is C21H25F2N3O4+2. The molecule has 3 N–H and O–H groups in total. The van der Waals surface area contributed by atoms with Gasteiger partial charge in [0.2, 0.25) is 6.79 Å². The van der Waals surface area contributed by atoms with E-state index in [4.69, 9.17) is 9.47 Å². The van der Waals surface area contributed by atoms with Gasteiger partial charge in [-0.25, -0.2) is 0 Å². The molecule has 0 saturated carbocycles. The van der Waals surface area contributed by atoms with Gasteiger partial charge in [0.25, 0.3) is 5.91 Å². The summed E-state index contributed by atoms with van der Waals surface area (Å²) in [5, 5.41) is 2.69. The Bertz CT molecular complexity index is 888. The van der Waals surface area contributed by atoms with Gasteiger partial charge in [0, 0.05) is 5.56 Å². The van der Waals surface area contributed by atoms with E-state index >= 15 is 0 Å². The first-order valence-corrected chi connectivity index (χ1v) is 9.96. The van der Waals surface area contributed by atoms with Crippen LogP contribution in [-0.2, 0) is 11.3 Å². The van der Waals surface area contributed by atoms with Crippen LogP contribution < -0.4 is 29.3 Å². The van der Waals surface area contributed by atoms with E-state index in [1.165, 1.54) is 21.4 Å². The van der Waals surface area contributed by atoms with Gasteiger partial charge in [-0.3, -0.25) is 4.79 Å². The normalized spacial score (nSPS) is 20.2. The average molecular weight is 421 g/mol. The van der Waals surface area contributed by atoms with Crippen molar-refractivity contribution in [1.29, 1.82) is 0 Å². The summed E-state index contributed by atoms with van der Waals surface area (Å²) in [6, 6.07) is 12.2. The lowest BCUT2D eigenvalue weighted by Crippen LogP contribution is -3.28. The Morgan fingerprint density at radius 2 is 1.77 bits per heavy atom. The van der Waals surface area contributed by atoms with E-state index in [-0.39, 0.29) is 24.1 Å². The second kappa shape index (κ2) is 9.27. The quantitative estimate of drug-likeness (QED) is 0.586. The number of quaternary nitrogens is 2. The van der Waals surface area contributed by atoms with Gasteiger partial charge in [0.1, 0.15) is 38.5 Å². The molecule has 1 amide bonds. The van der Waals surface area contributed by atoms with Crippen molar-refractivity contribution in [1.82, 2.24) is 0 Å². The van der Waals surface area contributed by atoms with Gasteiger partial charge in [0.05, 0.1) is 5.69 Å². The lowest BCUT2D eigenvalue weighted by Gasteiger charge is -2.29. The molecule has 1 saturated heterocycles. The highest BCUT2D eigenvalue weighted by Crippen LogP contribution is 2.32. The molecule has 4 rings (SSSR count). The lowest BCUT2D eigenvalue weighted by molar-refractivity contribution is -1.02. The van der Waals surface area contributed by atoms with Crippen LogP contribution in [0.2, 0.25) is 0 Å². The Kier molecular flexibility index (Phi) is 6.29. The first-order valence-electron chi connectivity index (χ1n) is 9.96. The van der Waals surface area contributed by atoms with Crippen molar-refractivity contribution in [3.8, 4) is 17.2 Å². The molecule has 2 heterocycles. The molecule has 0 spiro atoms. The minimum atomic E-state index is -2.94. The molecule has 7 nitrogen and oxygen atoms in total. The molecule has 0 atom stereocenters. The van der Waals surface area contributed by atoms with Gasteiger partial charge in [-0.2, -0.15) is 8.78 Å². The number of hydrogen-bond donors (Lipinski definition) is 3. The van der Waals surface area contributed by atoms with Crippen LogP contribution in [0.15, 0.2) is 42.5 Å². The molecular weight excluding hydrogens is 396 g/mol. The number of piperazine rings is 1. The van der Waals surface area contributed by atoms with Crippen molar-refractivity contribution in [2.45, 2.75) is 13.2 Å². The largest absolute Gasteiger partial charge is 0.454 e. The monoisotopic (exact) mass is 421 g/mol. The Hall–Kier alpha value is -2.91. The smallest absolute Gasteiger partial charge is 0.387 e. The highest BCUT2D eigenvalue weighted by molar-refractivity contribution is 5.92. The molecule has 0 aliphatic carbocycles. The van der Waals surface area contributed by atoms with Crippen LogP contribution in [-0.4, -0.2) is 52.0 Å². The number of nitrogens with one attached hydrogen (secondary N) is 3. The zero-order valence-electron chi connectivity index (χ0n) is 16.5. The Morgan fingerprint density at radius 1 is 1.03 bits per heavy atom. The summed E-state index contributed by atoms with van der Waals surface area (Å²) in [4.78, 5) is 15.0. The van der Waals surface area contributed by atoms with Crippen LogP contribution in [0.1, 0.15) is 5.56 Å². The standard InChI is InChI=1S/C21H23F2N3O4/c22-21(23)30-17-4-2-1-3-16(17)24-20(27)13-26-9-7-25(8-10-26)12-15-5-6-18-19(11-15)29-14-28-18/h1-6,11,21H,7-10,12-14H2,(H,24,27)/p+2. The number of carbonyl (C=O) groups is 1. The lowest BCUT2D eigenvalue weighted by atomic mass is 10.1. The summed E-state index contributed by atoms with van der Waals surface area (Å²) in [5.74, 6) is 1.34. The van der Waals surface area contributed by atoms with E-state index in [1.807, 2.05) is 12.1 Å². The van der Waals surface area contributed by atoms with E-state index in [1.54, 1.807) is 18.2 Å². The van der Waals surface area contributed by atoms with Gasteiger partial charge in [-0.05, 0) is 30.3 Å². The minimum Gasteiger partial charge on any atom is -0.454 e. The van der Waals surface area contributed by atoms with Gasteiger partial charge in [0.15, 0.2) is 18.0 Å². The second-order valence-electron chi connectivity index (χ2n) is 7.46. The first-order chi connectivity index (χ1) is 14.6. The highest BCUT2D eigenvalue weighted by atomic mass is 19.3. The Balaban J connectivity index is 1.24. The van der Waals surface area contributed by atoms with E-state index in [0.717, 1.165) is 44.2 Å². The Labute approximate surface area is 173 Å². The summed E-state index contributed by atoms with van der Waals surface area (Å²) in [6.07, 6.45) is 0. The van der Waals surface area contributed by atoms with Crippen LogP contribution in [0.5, 0.6) is 17.2 Å². The van der Waals surface area contributed by atoms with E-state index in [9.17, 15) is 13.6 Å². The number of rotatable bonds is 7. The highest BCUT2D eigenvalue weighted by Gasteiger charge is 2.26. The van der Waals surface area contributed by atoms with Crippen molar-refractivity contribution in [3.63, 3.8) is 0 Å². The summed E-state index contributed by atoms with van der Waals surface area (Å²) in [5.41, 5.74) is 1.46. The maximum absolute atomic E-state index is 12.5. The third-order valence-electron chi connectivity index (χ3n) is 5.34. The molecule has 9 heteroatoms. The summed E-state index contributed by atoms with van der Waals surface area (Å²) in [6.45, 7) is 2.15. The number of alkyl halides is 2. The van der Waals surface area contributed by atoms with E-state index in [2.05, 4.69) is 16.1 Å². The summed E-state index contributed by atoms with van der Waals surface area (Å²) >= 11 is 0. The molecule has 0 unspecified atom stereocenters. The van der Waals surface area contributed by atoms with Crippen LogP contribution >= 0.6 is 0 Å². The molecule has 1 fully saturated rings. The van der Waals surface area contributed by atoms with Crippen molar-refractivity contribution in [3.05, 3.63) is 48.0 Å².